The topological polar surface area (TPSA) is 64.1 Å². The van der Waals surface area contributed by atoms with Gasteiger partial charge in [-0.2, -0.15) is 0 Å². The van der Waals surface area contributed by atoms with E-state index in [4.69, 9.17) is 4.74 Å². The third kappa shape index (κ3) is 4.31. The van der Waals surface area contributed by atoms with Crippen molar-refractivity contribution in [3.8, 4) is 0 Å². The highest BCUT2D eigenvalue weighted by atomic mass is 35.5. The number of aryl methyl sites for hydroxylation is 2. The minimum Gasteiger partial charge on any atom is -0.462 e. The van der Waals surface area contributed by atoms with Gasteiger partial charge in [0.25, 0.3) is 0 Å². The predicted octanol–water partition coefficient (Wildman–Crippen LogP) is 5.29. The summed E-state index contributed by atoms with van der Waals surface area (Å²) in [7, 11) is 0. The smallest absolute Gasteiger partial charge is 0.338 e. The Balaban J connectivity index is 0.00000243. The summed E-state index contributed by atoms with van der Waals surface area (Å²) in [6, 6.07) is 7.23. The second-order valence-electron chi connectivity index (χ2n) is 6.38. The van der Waals surface area contributed by atoms with E-state index in [9.17, 15) is 4.79 Å². The van der Waals surface area contributed by atoms with Crippen molar-refractivity contribution in [2.75, 3.05) is 11.9 Å². The molecule has 0 atom stereocenters. The molecule has 3 aromatic rings. The molecule has 0 aliphatic carbocycles. The summed E-state index contributed by atoms with van der Waals surface area (Å²) in [5.74, 6) is 0.804. The Morgan fingerprint density at radius 2 is 1.88 bits per heavy atom. The van der Waals surface area contributed by atoms with E-state index in [1.54, 1.807) is 29.8 Å². The number of esters is 1. The number of rotatable bonds is 5. The molecule has 2 aromatic heterocycles. The van der Waals surface area contributed by atoms with E-state index in [0.29, 0.717) is 18.1 Å². The number of nitrogens with zero attached hydrogens (tertiary/aromatic N) is 2. The highest BCUT2D eigenvalue weighted by Crippen LogP contribution is 2.33. The van der Waals surface area contributed by atoms with Gasteiger partial charge in [-0.05, 0) is 49.6 Å². The van der Waals surface area contributed by atoms with Crippen LogP contribution >= 0.6 is 23.7 Å². The molecule has 0 saturated heterocycles. The number of benzene rings is 1. The maximum atomic E-state index is 12.0. The number of hydrogen-bond donors (Lipinski definition) is 1. The number of carbonyl (C=O) groups excluding carboxylic acids is 1. The molecule has 26 heavy (non-hydrogen) atoms. The summed E-state index contributed by atoms with van der Waals surface area (Å²) in [6.07, 6.45) is 1.57. The van der Waals surface area contributed by atoms with E-state index in [1.165, 1.54) is 10.4 Å². The second-order valence-corrected chi connectivity index (χ2v) is 7.58. The number of aromatic nitrogens is 2. The van der Waals surface area contributed by atoms with Crippen LogP contribution in [0.5, 0.6) is 0 Å². The third-order valence-corrected chi connectivity index (χ3v) is 5.01. The molecule has 0 aliphatic heterocycles. The third-order valence-electron chi connectivity index (χ3n) is 3.90. The van der Waals surface area contributed by atoms with Gasteiger partial charge in [0.15, 0.2) is 0 Å². The average Bonchev–Trinajstić information content (AvgIpc) is 2.89. The van der Waals surface area contributed by atoms with E-state index in [0.717, 1.165) is 21.7 Å². The molecule has 0 fully saturated rings. The molecule has 0 amide bonds. The second kappa shape index (κ2) is 8.47. The van der Waals surface area contributed by atoms with Crippen LogP contribution in [-0.2, 0) is 4.74 Å². The molecule has 3 rings (SSSR count). The summed E-state index contributed by atoms with van der Waals surface area (Å²) < 4.78 is 5.25. The van der Waals surface area contributed by atoms with Crippen molar-refractivity contribution in [3.05, 3.63) is 46.6 Å². The fraction of sp³-hybridized carbons (Fsp3) is 0.316. The fourth-order valence-corrected chi connectivity index (χ4v) is 3.43. The molecule has 1 N–H and O–H groups in total. The van der Waals surface area contributed by atoms with E-state index in [1.807, 2.05) is 26.0 Å². The number of anilines is 2. The zero-order chi connectivity index (χ0) is 18.0. The van der Waals surface area contributed by atoms with Crippen LogP contribution in [0.15, 0.2) is 30.6 Å². The molecule has 2 heterocycles. The summed E-state index contributed by atoms with van der Waals surface area (Å²) >= 11 is 1.67. The molecule has 0 unspecified atom stereocenters. The summed E-state index contributed by atoms with van der Waals surface area (Å²) in [5.41, 5.74) is 2.60. The Kier molecular flexibility index (Phi) is 6.56. The number of ether oxygens (including phenoxy) is 1. The average molecular weight is 392 g/mol. The highest BCUT2D eigenvalue weighted by Gasteiger charge is 2.13. The first kappa shape index (κ1) is 20.1. The monoisotopic (exact) mass is 391 g/mol. The van der Waals surface area contributed by atoms with Crippen LogP contribution in [0.3, 0.4) is 0 Å². The zero-order valence-electron chi connectivity index (χ0n) is 15.2. The van der Waals surface area contributed by atoms with E-state index < -0.39 is 0 Å². The van der Waals surface area contributed by atoms with Crippen molar-refractivity contribution in [1.82, 2.24) is 9.97 Å². The Bertz CT molecular complexity index is 907. The number of halogens is 1. The molecule has 1 aromatic carbocycles. The van der Waals surface area contributed by atoms with Crippen LogP contribution in [0, 0.1) is 19.8 Å². The molecule has 0 bridgehead atoms. The van der Waals surface area contributed by atoms with Gasteiger partial charge in [-0.25, -0.2) is 14.8 Å². The van der Waals surface area contributed by atoms with Crippen molar-refractivity contribution < 1.29 is 9.53 Å². The SMILES string of the molecule is Cc1sc2ncnc(Nc3ccc(C(=O)OCC(C)C)cc3)c2c1C.Cl. The number of thiophene rings is 1. The van der Waals surface area contributed by atoms with Gasteiger partial charge in [0.2, 0.25) is 0 Å². The standard InChI is InChI=1S/C19H21N3O2S.ClH/c1-11(2)9-24-19(23)14-5-7-15(8-6-14)22-17-16-12(3)13(4)25-18(16)21-10-20-17;/h5-8,10-11H,9H2,1-4H3,(H,20,21,22);1H. The normalized spacial score (nSPS) is 10.7. The van der Waals surface area contributed by atoms with Gasteiger partial charge in [-0.1, -0.05) is 13.8 Å². The Morgan fingerprint density at radius 3 is 2.54 bits per heavy atom. The maximum Gasteiger partial charge on any atom is 0.338 e. The maximum absolute atomic E-state index is 12.0. The van der Waals surface area contributed by atoms with E-state index in [2.05, 4.69) is 29.1 Å². The first-order valence-corrected chi connectivity index (χ1v) is 9.02. The van der Waals surface area contributed by atoms with Gasteiger partial charge >= 0.3 is 5.97 Å². The predicted molar refractivity (Wildman–Crippen MR) is 109 cm³/mol. The number of fused-ring (bicyclic) bond motifs is 1. The van der Waals surface area contributed by atoms with Gasteiger partial charge in [-0.3, -0.25) is 0 Å². The van der Waals surface area contributed by atoms with Crippen molar-refractivity contribution in [2.45, 2.75) is 27.7 Å². The fourth-order valence-electron chi connectivity index (χ4n) is 2.43. The van der Waals surface area contributed by atoms with Gasteiger partial charge in [-0.15, -0.1) is 23.7 Å². The minimum atomic E-state index is -0.297. The van der Waals surface area contributed by atoms with Gasteiger partial charge in [0.05, 0.1) is 17.6 Å². The lowest BCUT2D eigenvalue weighted by molar-refractivity contribution is 0.0459. The highest BCUT2D eigenvalue weighted by molar-refractivity contribution is 7.18. The molecule has 7 heteroatoms. The zero-order valence-corrected chi connectivity index (χ0v) is 16.8. The van der Waals surface area contributed by atoms with Crippen molar-refractivity contribution in [3.63, 3.8) is 0 Å². The van der Waals surface area contributed by atoms with Gasteiger partial charge < -0.3 is 10.1 Å². The van der Waals surface area contributed by atoms with E-state index >= 15 is 0 Å². The number of hydrogen-bond acceptors (Lipinski definition) is 6. The quantitative estimate of drug-likeness (QED) is 0.599. The molecular weight excluding hydrogens is 370 g/mol. The lowest BCUT2D eigenvalue weighted by atomic mass is 10.2. The summed E-state index contributed by atoms with van der Waals surface area (Å²) in [6.45, 7) is 8.61. The van der Waals surface area contributed by atoms with Crippen LogP contribution < -0.4 is 5.32 Å². The number of nitrogens with one attached hydrogen (secondary N) is 1. The van der Waals surface area contributed by atoms with Crippen molar-refractivity contribution >= 4 is 51.4 Å². The molecule has 5 nitrogen and oxygen atoms in total. The molecule has 0 radical (unpaired) electrons. The Morgan fingerprint density at radius 1 is 1.19 bits per heavy atom. The molecule has 0 spiro atoms. The minimum absolute atomic E-state index is 0. The van der Waals surface area contributed by atoms with Gasteiger partial charge in [0.1, 0.15) is 17.0 Å². The Hall–Kier alpha value is -2.18. The van der Waals surface area contributed by atoms with Crippen LogP contribution in [0.1, 0.15) is 34.6 Å². The summed E-state index contributed by atoms with van der Waals surface area (Å²) in [5, 5.41) is 4.37. The van der Waals surface area contributed by atoms with Crippen molar-refractivity contribution in [2.24, 2.45) is 5.92 Å². The van der Waals surface area contributed by atoms with Crippen molar-refractivity contribution in [1.29, 1.82) is 0 Å². The first-order valence-electron chi connectivity index (χ1n) is 8.20. The van der Waals surface area contributed by atoms with E-state index in [-0.39, 0.29) is 18.4 Å². The largest absolute Gasteiger partial charge is 0.462 e. The number of carbonyl (C=O) groups is 1. The van der Waals surface area contributed by atoms with Crippen LogP contribution in [0.25, 0.3) is 10.2 Å². The Labute approximate surface area is 163 Å². The van der Waals surface area contributed by atoms with Crippen LogP contribution in [0.2, 0.25) is 0 Å². The lowest BCUT2D eigenvalue weighted by Gasteiger charge is -2.09. The van der Waals surface area contributed by atoms with Crippen LogP contribution in [-0.4, -0.2) is 22.5 Å². The molecule has 138 valence electrons. The lowest BCUT2D eigenvalue weighted by Crippen LogP contribution is -2.10. The molecular formula is C19H22ClN3O2S. The van der Waals surface area contributed by atoms with Gasteiger partial charge in [0, 0.05) is 10.6 Å². The van der Waals surface area contributed by atoms with Crippen LogP contribution in [0.4, 0.5) is 11.5 Å². The molecule has 0 saturated carbocycles. The summed E-state index contributed by atoms with van der Waals surface area (Å²) in [4.78, 5) is 22.9. The first-order chi connectivity index (χ1) is 12.0. The molecule has 0 aliphatic rings.